The molecule has 1 fully saturated rings. The molecular weight excluding hydrogens is 446 g/mol. The van der Waals surface area contributed by atoms with E-state index in [1.54, 1.807) is 11.3 Å². The molecule has 5 rings (SSSR count). The van der Waals surface area contributed by atoms with Gasteiger partial charge in [-0.05, 0) is 32.4 Å². The van der Waals surface area contributed by atoms with E-state index in [1.165, 1.54) is 0 Å². The zero-order valence-electron chi connectivity index (χ0n) is 18.0. The first-order chi connectivity index (χ1) is 15.5. The molecule has 0 aliphatic carbocycles. The first-order valence-electron chi connectivity index (χ1n) is 10.8. The third kappa shape index (κ3) is 3.87. The van der Waals surface area contributed by atoms with Gasteiger partial charge in [-0.1, -0.05) is 29.8 Å². The molecule has 1 saturated heterocycles. The number of hydrogen-bond acceptors (Lipinski definition) is 6. The molecule has 0 unspecified atom stereocenters. The Morgan fingerprint density at radius 3 is 2.78 bits per heavy atom. The summed E-state index contributed by atoms with van der Waals surface area (Å²) < 4.78 is 7.45. The molecule has 1 aromatic carbocycles. The fourth-order valence-electron chi connectivity index (χ4n) is 4.18. The number of nitrogens with zero attached hydrogens (tertiary/aromatic N) is 5. The van der Waals surface area contributed by atoms with Crippen LogP contribution in [0.25, 0.3) is 5.00 Å². The van der Waals surface area contributed by atoms with Crippen LogP contribution in [0.1, 0.15) is 47.0 Å². The number of aryl methyl sites for hydroxylation is 2. The summed E-state index contributed by atoms with van der Waals surface area (Å²) in [7, 11) is 0. The molecule has 7 nitrogen and oxygen atoms in total. The summed E-state index contributed by atoms with van der Waals surface area (Å²) in [5, 5.41) is 10.4. The molecular formula is C23H24ClN5O2S. The van der Waals surface area contributed by atoms with Crippen molar-refractivity contribution >= 4 is 34.6 Å². The number of amides is 1. The normalized spacial score (nSPS) is 18.0. The van der Waals surface area contributed by atoms with Crippen molar-refractivity contribution in [3.05, 3.63) is 63.0 Å². The lowest BCUT2D eigenvalue weighted by atomic mass is 10.0. The first-order valence-corrected chi connectivity index (χ1v) is 12.0. The highest BCUT2D eigenvalue weighted by Crippen LogP contribution is 2.37. The van der Waals surface area contributed by atoms with Crippen LogP contribution in [0, 0.1) is 6.92 Å². The van der Waals surface area contributed by atoms with Gasteiger partial charge in [0.2, 0.25) is 5.91 Å². The van der Waals surface area contributed by atoms with Crippen LogP contribution in [0.3, 0.4) is 0 Å². The van der Waals surface area contributed by atoms with E-state index in [0.29, 0.717) is 44.2 Å². The van der Waals surface area contributed by atoms with Gasteiger partial charge in [0.15, 0.2) is 5.82 Å². The topological polar surface area (TPSA) is 72.6 Å². The lowest BCUT2D eigenvalue weighted by molar-refractivity contribution is -0.135. The van der Waals surface area contributed by atoms with Crippen molar-refractivity contribution in [1.82, 2.24) is 19.7 Å². The Kier molecular flexibility index (Phi) is 5.84. The lowest BCUT2D eigenvalue weighted by Crippen LogP contribution is -2.40. The van der Waals surface area contributed by atoms with Crippen molar-refractivity contribution in [2.75, 3.05) is 26.3 Å². The van der Waals surface area contributed by atoms with Crippen LogP contribution < -0.4 is 0 Å². The maximum atomic E-state index is 12.7. The number of ether oxygens (including phenoxy) is 1. The number of aliphatic imine (C=N–C) groups is 1. The monoisotopic (exact) mass is 469 g/mol. The zero-order valence-corrected chi connectivity index (χ0v) is 19.6. The van der Waals surface area contributed by atoms with Crippen molar-refractivity contribution in [3.8, 4) is 5.00 Å². The highest BCUT2D eigenvalue weighted by Gasteiger charge is 2.29. The van der Waals surface area contributed by atoms with E-state index in [4.69, 9.17) is 21.3 Å². The molecule has 0 spiro atoms. The van der Waals surface area contributed by atoms with E-state index in [0.717, 1.165) is 38.4 Å². The summed E-state index contributed by atoms with van der Waals surface area (Å²) in [6, 6.07) is 9.76. The third-order valence-corrected chi connectivity index (χ3v) is 7.36. The van der Waals surface area contributed by atoms with Crippen LogP contribution in [-0.4, -0.2) is 57.6 Å². The minimum Gasteiger partial charge on any atom is -0.378 e. The number of morpholine rings is 1. The SMILES string of the molecule is Cc1nnc2n1-c1sc(CCC(=O)N3CCOCC3)cc1C(c1ccccc1Cl)=N[C@H]2C. The Balaban J connectivity index is 1.52. The average Bonchev–Trinajstić information content (AvgIpc) is 3.37. The summed E-state index contributed by atoms with van der Waals surface area (Å²) in [6.07, 6.45) is 1.15. The standard InChI is InChI=1S/C23H24ClN5O2S/c1-14-22-27-26-15(2)29(22)23-18(21(25-14)17-5-3-4-6-19(17)24)13-16(32-23)7-8-20(30)28-9-11-31-12-10-28/h3-6,13-14H,7-12H2,1-2H3/t14-/m0/s1. The smallest absolute Gasteiger partial charge is 0.223 e. The minimum atomic E-state index is -0.159. The van der Waals surface area contributed by atoms with Gasteiger partial charge in [0.1, 0.15) is 16.9 Å². The lowest BCUT2D eigenvalue weighted by Gasteiger charge is -2.26. The quantitative estimate of drug-likeness (QED) is 0.579. The molecule has 0 bridgehead atoms. The first kappa shape index (κ1) is 21.3. The van der Waals surface area contributed by atoms with Crippen molar-refractivity contribution in [1.29, 1.82) is 0 Å². The minimum absolute atomic E-state index is 0.159. The van der Waals surface area contributed by atoms with Gasteiger partial charge in [-0.25, -0.2) is 0 Å². The second-order valence-corrected chi connectivity index (χ2v) is 9.52. The van der Waals surface area contributed by atoms with Crippen molar-refractivity contribution < 1.29 is 9.53 Å². The van der Waals surface area contributed by atoms with E-state index in [2.05, 4.69) is 20.8 Å². The number of carbonyl (C=O) groups is 1. The molecule has 3 aromatic rings. The molecule has 166 valence electrons. The Bertz CT molecular complexity index is 1190. The van der Waals surface area contributed by atoms with Gasteiger partial charge in [0.05, 0.1) is 18.9 Å². The van der Waals surface area contributed by atoms with Crippen LogP contribution in [-0.2, 0) is 16.0 Å². The summed E-state index contributed by atoms with van der Waals surface area (Å²) >= 11 is 8.23. The maximum Gasteiger partial charge on any atom is 0.223 e. The number of rotatable bonds is 4. The summed E-state index contributed by atoms with van der Waals surface area (Å²) in [5.74, 6) is 1.80. The molecule has 2 aliphatic heterocycles. The number of hydrogen-bond donors (Lipinski definition) is 0. The van der Waals surface area contributed by atoms with Gasteiger partial charge in [-0.3, -0.25) is 14.4 Å². The number of thiophene rings is 1. The van der Waals surface area contributed by atoms with E-state index < -0.39 is 0 Å². The second kappa shape index (κ2) is 8.77. The molecule has 9 heteroatoms. The van der Waals surface area contributed by atoms with E-state index >= 15 is 0 Å². The van der Waals surface area contributed by atoms with Crippen molar-refractivity contribution in [2.24, 2.45) is 4.99 Å². The highest BCUT2D eigenvalue weighted by atomic mass is 35.5. The van der Waals surface area contributed by atoms with Gasteiger partial charge >= 0.3 is 0 Å². The van der Waals surface area contributed by atoms with E-state index in [1.807, 2.05) is 43.0 Å². The Morgan fingerprint density at radius 2 is 2.00 bits per heavy atom. The second-order valence-electron chi connectivity index (χ2n) is 8.00. The fourth-order valence-corrected chi connectivity index (χ4v) is 5.62. The summed E-state index contributed by atoms with van der Waals surface area (Å²) in [4.78, 5) is 20.7. The largest absolute Gasteiger partial charge is 0.378 e. The van der Waals surface area contributed by atoms with Crippen LogP contribution >= 0.6 is 22.9 Å². The van der Waals surface area contributed by atoms with E-state index in [-0.39, 0.29) is 11.9 Å². The third-order valence-electron chi connectivity index (χ3n) is 5.85. The van der Waals surface area contributed by atoms with Gasteiger partial charge in [-0.15, -0.1) is 21.5 Å². The maximum absolute atomic E-state index is 12.7. The van der Waals surface area contributed by atoms with Gasteiger partial charge in [0.25, 0.3) is 0 Å². The van der Waals surface area contributed by atoms with Crippen LogP contribution in [0.5, 0.6) is 0 Å². The van der Waals surface area contributed by atoms with Gasteiger partial charge in [0, 0.05) is 40.5 Å². The molecule has 1 atom stereocenters. The van der Waals surface area contributed by atoms with Gasteiger partial charge < -0.3 is 9.64 Å². The predicted octanol–water partition coefficient (Wildman–Crippen LogP) is 3.99. The number of benzene rings is 1. The van der Waals surface area contributed by atoms with Crippen LogP contribution in [0.4, 0.5) is 0 Å². The number of carbonyl (C=O) groups excluding carboxylic acids is 1. The average molecular weight is 470 g/mol. The number of halogens is 1. The van der Waals surface area contributed by atoms with Crippen molar-refractivity contribution in [2.45, 2.75) is 32.7 Å². The Labute approximate surface area is 195 Å². The highest BCUT2D eigenvalue weighted by molar-refractivity contribution is 7.15. The van der Waals surface area contributed by atoms with Crippen LogP contribution in [0.15, 0.2) is 35.3 Å². The van der Waals surface area contributed by atoms with Gasteiger partial charge in [-0.2, -0.15) is 0 Å². The molecule has 0 N–H and O–H groups in total. The molecule has 4 heterocycles. The molecule has 0 radical (unpaired) electrons. The molecule has 2 aromatic heterocycles. The molecule has 32 heavy (non-hydrogen) atoms. The fraction of sp³-hybridized carbons (Fsp3) is 0.391. The summed E-state index contributed by atoms with van der Waals surface area (Å²) in [5.41, 5.74) is 2.75. The predicted molar refractivity (Wildman–Crippen MR) is 125 cm³/mol. The van der Waals surface area contributed by atoms with E-state index in [9.17, 15) is 4.79 Å². The summed E-state index contributed by atoms with van der Waals surface area (Å²) in [6.45, 7) is 6.55. The van der Waals surface area contributed by atoms with Crippen LogP contribution in [0.2, 0.25) is 5.02 Å². The molecule has 1 amide bonds. The van der Waals surface area contributed by atoms with Crippen molar-refractivity contribution in [3.63, 3.8) is 0 Å². The zero-order chi connectivity index (χ0) is 22.2. The number of aromatic nitrogens is 3. The molecule has 2 aliphatic rings. The number of fused-ring (bicyclic) bond motifs is 3. The molecule has 0 saturated carbocycles. The Morgan fingerprint density at radius 1 is 1.22 bits per heavy atom. The Hall–Kier alpha value is -2.55.